The summed E-state index contributed by atoms with van der Waals surface area (Å²) in [6.45, 7) is 0.459. The van der Waals surface area contributed by atoms with E-state index in [1.54, 1.807) is 7.11 Å². The molecule has 3 saturated heterocycles. The van der Waals surface area contributed by atoms with E-state index in [0.717, 1.165) is 0 Å². The van der Waals surface area contributed by atoms with Gasteiger partial charge in [-0.1, -0.05) is 0 Å². The predicted octanol–water partition coefficient (Wildman–Crippen LogP) is -0.766. The fraction of sp³-hybridized carbons (Fsp3) is 0.875. The van der Waals surface area contributed by atoms with Crippen LogP contribution in [0, 0.1) is 0 Å². The van der Waals surface area contributed by atoms with Crippen molar-refractivity contribution in [2.75, 3.05) is 13.7 Å². The largest absolute Gasteiger partial charge is 0.440 e. The number of hydrogen-bond donors (Lipinski definition) is 1. The second kappa shape index (κ2) is 2.82. The van der Waals surface area contributed by atoms with Crippen LogP contribution in [0.4, 0.5) is 4.79 Å². The van der Waals surface area contributed by atoms with E-state index < -0.39 is 12.4 Å². The van der Waals surface area contributed by atoms with Crippen molar-refractivity contribution in [3.05, 3.63) is 0 Å². The Morgan fingerprint density at radius 1 is 1.50 bits per heavy atom. The lowest BCUT2D eigenvalue weighted by molar-refractivity contribution is -0.228. The third kappa shape index (κ3) is 0.985. The average Bonchev–Trinajstić information content (AvgIpc) is 2.44. The summed E-state index contributed by atoms with van der Waals surface area (Å²) in [5, 5.41) is 2.64. The van der Waals surface area contributed by atoms with Gasteiger partial charge in [-0.25, -0.2) is 4.79 Å². The number of carbonyl (C=O) groups excluding carboxylic acids is 1. The van der Waals surface area contributed by atoms with Crippen LogP contribution in [0.15, 0.2) is 0 Å². The molecule has 0 radical (unpaired) electrons. The molecule has 1 amide bonds. The molecule has 0 aromatic heterocycles. The van der Waals surface area contributed by atoms with E-state index in [2.05, 4.69) is 5.32 Å². The number of alkyl carbamates (subject to hydrolysis) is 1. The van der Waals surface area contributed by atoms with Crippen LogP contribution < -0.4 is 5.32 Å². The molecule has 5 unspecified atom stereocenters. The maximum Gasteiger partial charge on any atom is 0.408 e. The SMILES string of the molecule is COC1OC2COC3C1NC(=O)OC23. The summed E-state index contributed by atoms with van der Waals surface area (Å²) in [7, 11) is 1.55. The van der Waals surface area contributed by atoms with Crippen molar-refractivity contribution in [1.29, 1.82) is 0 Å². The zero-order chi connectivity index (χ0) is 9.71. The predicted molar refractivity (Wildman–Crippen MR) is 42.6 cm³/mol. The van der Waals surface area contributed by atoms with Gasteiger partial charge in [-0.15, -0.1) is 0 Å². The molecule has 78 valence electrons. The molecule has 6 nitrogen and oxygen atoms in total. The lowest BCUT2D eigenvalue weighted by atomic mass is 9.98. The molecule has 3 rings (SSSR count). The highest BCUT2D eigenvalue weighted by molar-refractivity contribution is 5.69. The summed E-state index contributed by atoms with van der Waals surface area (Å²) in [6.07, 6.45) is -1.46. The van der Waals surface area contributed by atoms with Gasteiger partial charge < -0.3 is 24.3 Å². The van der Waals surface area contributed by atoms with Gasteiger partial charge in [-0.05, 0) is 0 Å². The van der Waals surface area contributed by atoms with Gasteiger partial charge in [-0.2, -0.15) is 0 Å². The number of hydrogen-bond acceptors (Lipinski definition) is 5. The molecule has 6 heteroatoms. The van der Waals surface area contributed by atoms with Crippen molar-refractivity contribution < 1.29 is 23.7 Å². The van der Waals surface area contributed by atoms with Crippen molar-refractivity contribution in [2.45, 2.75) is 30.6 Å². The summed E-state index contributed by atoms with van der Waals surface area (Å²) in [6, 6.07) is -0.259. The molecule has 0 aliphatic carbocycles. The second-order valence-electron chi connectivity index (χ2n) is 3.62. The first-order valence-electron chi connectivity index (χ1n) is 4.56. The van der Waals surface area contributed by atoms with Crippen LogP contribution in [-0.2, 0) is 18.9 Å². The van der Waals surface area contributed by atoms with Gasteiger partial charge in [0.15, 0.2) is 12.4 Å². The minimum Gasteiger partial charge on any atom is -0.440 e. The Hall–Kier alpha value is -0.850. The Labute approximate surface area is 80.4 Å². The van der Waals surface area contributed by atoms with Gasteiger partial charge in [0.1, 0.15) is 18.2 Å². The molecule has 3 aliphatic rings. The highest BCUT2D eigenvalue weighted by atomic mass is 16.7. The number of ether oxygens (including phenoxy) is 4. The van der Waals surface area contributed by atoms with Gasteiger partial charge >= 0.3 is 6.09 Å². The van der Waals surface area contributed by atoms with Gasteiger partial charge in [0.2, 0.25) is 0 Å². The highest BCUT2D eigenvalue weighted by Gasteiger charge is 2.57. The Morgan fingerprint density at radius 2 is 2.36 bits per heavy atom. The van der Waals surface area contributed by atoms with E-state index >= 15 is 0 Å². The van der Waals surface area contributed by atoms with E-state index in [0.29, 0.717) is 6.61 Å². The zero-order valence-corrected chi connectivity index (χ0v) is 7.64. The van der Waals surface area contributed by atoms with Gasteiger partial charge in [-0.3, -0.25) is 0 Å². The number of amides is 1. The fourth-order valence-corrected chi connectivity index (χ4v) is 2.23. The summed E-state index contributed by atoms with van der Waals surface area (Å²) in [5.74, 6) is 0. The van der Waals surface area contributed by atoms with Gasteiger partial charge in [0, 0.05) is 7.11 Å². The smallest absolute Gasteiger partial charge is 0.408 e. The second-order valence-corrected chi connectivity index (χ2v) is 3.62. The molecule has 0 saturated carbocycles. The normalized spacial score (nSPS) is 49.8. The standard InChI is InChI=1S/C8H11NO5/c1-11-7-4-6-5(14-8(10)9-4)3(13-7)2-12-6/h3-7H,2H2,1H3,(H,9,10). The minimum absolute atomic E-state index is 0.142. The fourth-order valence-electron chi connectivity index (χ4n) is 2.23. The molecule has 1 N–H and O–H groups in total. The molecule has 4 bridgehead atoms. The van der Waals surface area contributed by atoms with E-state index in [9.17, 15) is 4.79 Å². The van der Waals surface area contributed by atoms with Crippen molar-refractivity contribution in [1.82, 2.24) is 5.32 Å². The van der Waals surface area contributed by atoms with E-state index in [1.165, 1.54) is 0 Å². The van der Waals surface area contributed by atoms with Gasteiger partial charge in [0.25, 0.3) is 0 Å². The minimum atomic E-state index is -0.434. The topological polar surface area (TPSA) is 66.0 Å². The van der Waals surface area contributed by atoms with Crippen molar-refractivity contribution >= 4 is 6.09 Å². The van der Waals surface area contributed by atoms with Crippen molar-refractivity contribution in [3.63, 3.8) is 0 Å². The summed E-state index contributed by atoms with van der Waals surface area (Å²) < 4.78 is 21.2. The Kier molecular flexibility index (Phi) is 1.70. The third-order valence-corrected chi connectivity index (χ3v) is 2.86. The third-order valence-electron chi connectivity index (χ3n) is 2.86. The Morgan fingerprint density at radius 3 is 3.14 bits per heavy atom. The van der Waals surface area contributed by atoms with Crippen LogP contribution in [0.2, 0.25) is 0 Å². The summed E-state index contributed by atoms with van der Waals surface area (Å²) in [5.41, 5.74) is 0. The van der Waals surface area contributed by atoms with Crippen LogP contribution in [0.5, 0.6) is 0 Å². The molecule has 0 aromatic carbocycles. The van der Waals surface area contributed by atoms with Crippen LogP contribution in [0.25, 0.3) is 0 Å². The average molecular weight is 201 g/mol. The monoisotopic (exact) mass is 201 g/mol. The summed E-state index contributed by atoms with van der Waals surface area (Å²) in [4.78, 5) is 11.2. The first-order chi connectivity index (χ1) is 6.79. The molecule has 5 atom stereocenters. The molecule has 3 aliphatic heterocycles. The van der Waals surface area contributed by atoms with Gasteiger partial charge in [0.05, 0.1) is 6.61 Å². The Bertz CT molecular complexity index is 270. The van der Waals surface area contributed by atoms with Crippen LogP contribution in [0.3, 0.4) is 0 Å². The van der Waals surface area contributed by atoms with Crippen LogP contribution in [-0.4, -0.2) is 50.5 Å². The summed E-state index contributed by atoms with van der Waals surface area (Å²) >= 11 is 0. The molecule has 14 heavy (non-hydrogen) atoms. The molecular formula is C8H11NO5. The first kappa shape index (κ1) is 8.46. The maximum absolute atomic E-state index is 11.2. The van der Waals surface area contributed by atoms with E-state index in [4.69, 9.17) is 18.9 Å². The van der Waals surface area contributed by atoms with Crippen LogP contribution in [0.1, 0.15) is 0 Å². The Balaban J connectivity index is 1.91. The maximum atomic E-state index is 11.2. The quantitative estimate of drug-likeness (QED) is 0.603. The number of nitrogens with one attached hydrogen (secondary N) is 1. The lowest BCUT2D eigenvalue weighted by Crippen LogP contribution is -2.66. The number of rotatable bonds is 1. The van der Waals surface area contributed by atoms with E-state index in [-0.39, 0.29) is 24.4 Å². The molecule has 0 aromatic rings. The number of methoxy groups -OCH3 is 1. The highest BCUT2D eigenvalue weighted by Crippen LogP contribution is 2.34. The molecule has 3 fully saturated rings. The first-order valence-corrected chi connectivity index (χ1v) is 4.56. The molecular weight excluding hydrogens is 190 g/mol. The van der Waals surface area contributed by atoms with E-state index in [1.807, 2.05) is 0 Å². The molecule has 3 heterocycles. The van der Waals surface area contributed by atoms with Crippen LogP contribution >= 0.6 is 0 Å². The molecule has 0 spiro atoms. The number of carbonyl (C=O) groups is 1. The zero-order valence-electron chi connectivity index (χ0n) is 7.64. The van der Waals surface area contributed by atoms with Crippen molar-refractivity contribution in [2.24, 2.45) is 0 Å². The lowest BCUT2D eigenvalue weighted by Gasteiger charge is -2.42. The van der Waals surface area contributed by atoms with Crippen molar-refractivity contribution in [3.8, 4) is 0 Å².